The largest absolute Gasteiger partial charge is 0.456 e. The first-order valence-electron chi connectivity index (χ1n) is 10.4. The molecule has 4 aromatic rings. The van der Waals surface area contributed by atoms with E-state index in [0.717, 1.165) is 16.3 Å². The van der Waals surface area contributed by atoms with Crippen LogP contribution in [0.5, 0.6) is 0 Å². The summed E-state index contributed by atoms with van der Waals surface area (Å²) in [4.78, 5) is 0. The zero-order chi connectivity index (χ0) is 22.0. The molecule has 0 unspecified atom stereocenters. The molecule has 0 saturated carbocycles. The van der Waals surface area contributed by atoms with Gasteiger partial charge in [-0.1, -0.05) is 0 Å². The van der Waals surface area contributed by atoms with Gasteiger partial charge in [-0.15, -0.1) is 0 Å². The minimum atomic E-state index is -2.56. The van der Waals surface area contributed by atoms with Crippen LogP contribution in [-0.2, 0) is 7.05 Å². The van der Waals surface area contributed by atoms with Crippen molar-refractivity contribution in [1.82, 2.24) is 0 Å². The molecular formula is C22H19N2O+. The van der Waals surface area contributed by atoms with E-state index in [1.54, 1.807) is 42.8 Å². The molecule has 0 saturated heterocycles. The molecule has 2 aromatic carbocycles. The van der Waals surface area contributed by atoms with Crippen molar-refractivity contribution in [2.45, 2.75) is 20.7 Å². The first-order valence-corrected chi connectivity index (χ1v) is 7.92. The highest BCUT2D eigenvalue weighted by Crippen LogP contribution is 2.34. The molecule has 0 aliphatic rings. The van der Waals surface area contributed by atoms with Crippen LogP contribution < -0.4 is 4.57 Å². The topological polar surface area (TPSA) is 40.8 Å². The monoisotopic (exact) mass is 332 g/mol. The number of pyridine rings is 1. The Bertz CT molecular complexity index is 1390. The fraction of sp³-hybridized carbons (Fsp3) is 0.182. The molecule has 2 heterocycles. The van der Waals surface area contributed by atoms with Crippen molar-refractivity contribution < 1.29 is 15.8 Å². The molecule has 4 rings (SSSR count). The quantitative estimate of drug-likeness (QED) is 0.466. The molecule has 0 atom stereocenters. The maximum atomic E-state index is 9.19. The molecule has 3 nitrogen and oxygen atoms in total. The second-order valence-corrected chi connectivity index (χ2v) is 6.21. The van der Waals surface area contributed by atoms with Gasteiger partial charge in [-0.05, 0) is 55.2 Å². The lowest BCUT2D eigenvalue weighted by molar-refractivity contribution is -0.666. The summed E-state index contributed by atoms with van der Waals surface area (Å²) in [5.41, 5.74) is 3.92. The SMILES string of the molecule is [2H]c1c(C([2H])([2H])[2H])c([2H])c(-c2cc3oc4ccc(C#N)cc4c3cc2C)[n+](C)c1C. The Balaban J connectivity index is 2.07. The van der Waals surface area contributed by atoms with Gasteiger partial charge in [0.1, 0.15) is 18.2 Å². The third-order valence-corrected chi connectivity index (χ3v) is 4.59. The van der Waals surface area contributed by atoms with E-state index in [2.05, 4.69) is 6.07 Å². The van der Waals surface area contributed by atoms with E-state index in [1.165, 1.54) is 0 Å². The average Bonchev–Trinajstić information content (AvgIpc) is 3.02. The number of benzene rings is 2. The number of hydrogen-bond acceptors (Lipinski definition) is 2. The smallest absolute Gasteiger partial charge is 0.213 e. The van der Waals surface area contributed by atoms with Gasteiger partial charge >= 0.3 is 0 Å². The summed E-state index contributed by atoms with van der Waals surface area (Å²) in [6.45, 7) is 1.01. The summed E-state index contributed by atoms with van der Waals surface area (Å²) >= 11 is 0. The van der Waals surface area contributed by atoms with Crippen molar-refractivity contribution in [3.63, 3.8) is 0 Å². The van der Waals surface area contributed by atoms with E-state index in [-0.39, 0.29) is 17.6 Å². The lowest BCUT2D eigenvalue weighted by Crippen LogP contribution is -2.35. The van der Waals surface area contributed by atoms with E-state index in [4.69, 9.17) is 11.3 Å². The van der Waals surface area contributed by atoms with Crippen LogP contribution in [0.3, 0.4) is 0 Å². The van der Waals surface area contributed by atoms with Crippen molar-refractivity contribution in [2.24, 2.45) is 7.05 Å². The summed E-state index contributed by atoms with van der Waals surface area (Å²) in [5, 5.41) is 10.9. The Morgan fingerprint density at radius 2 is 1.92 bits per heavy atom. The Labute approximate surface area is 153 Å². The van der Waals surface area contributed by atoms with Gasteiger partial charge in [0, 0.05) is 33.9 Å². The highest BCUT2D eigenvalue weighted by atomic mass is 16.3. The van der Waals surface area contributed by atoms with Gasteiger partial charge in [-0.25, -0.2) is 0 Å². The summed E-state index contributed by atoms with van der Waals surface area (Å²) < 4.78 is 48.0. The molecule has 122 valence electrons. The number of aromatic nitrogens is 1. The Morgan fingerprint density at radius 3 is 2.68 bits per heavy atom. The van der Waals surface area contributed by atoms with Crippen LogP contribution in [0.2, 0.25) is 0 Å². The van der Waals surface area contributed by atoms with Crippen LogP contribution >= 0.6 is 0 Å². The van der Waals surface area contributed by atoms with Gasteiger partial charge in [0.2, 0.25) is 5.69 Å². The third kappa shape index (κ3) is 2.38. The van der Waals surface area contributed by atoms with E-state index in [1.807, 2.05) is 13.0 Å². The van der Waals surface area contributed by atoms with E-state index < -0.39 is 6.85 Å². The predicted molar refractivity (Wildman–Crippen MR) is 99.3 cm³/mol. The van der Waals surface area contributed by atoms with Gasteiger partial charge < -0.3 is 4.42 Å². The second kappa shape index (κ2) is 5.46. The van der Waals surface area contributed by atoms with Crippen LogP contribution in [0.1, 0.15) is 29.2 Å². The van der Waals surface area contributed by atoms with Crippen molar-refractivity contribution in [3.8, 4) is 17.3 Å². The van der Waals surface area contributed by atoms with Crippen LogP contribution in [0.15, 0.2) is 46.8 Å². The minimum absolute atomic E-state index is 0.141. The molecule has 0 aliphatic heterocycles. The summed E-state index contributed by atoms with van der Waals surface area (Å²) in [7, 11) is 1.73. The molecule has 0 amide bonds. The first kappa shape index (κ1) is 10.7. The van der Waals surface area contributed by atoms with Gasteiger partial charge in [-0.2, -0.15) is 9.83 Å². The molecular weight excluding hydrogens is 308 g/mol. The summed E-state index contributed by atoms with van der Waals surface area (Å²) in [6.07, 6.45) is 0. The Kier molecular flexibility index (Phi) is 2.33. The minimum Gasteiger partial charge on any atom is -0.456 e. The average molecular weight is 332 g/mol. The van der Waals surface area contributed by atoms with Crippen LogP contribution in [-0.4, -0.2) is 0 Å². The van der Waals surface area contributed by atoms with Crippen LogP contribution in [0.25, 0.3) is 33.2 Å². The molecule has 0 aliphatic carbocycles. The molecule has 2 aromatic heterocycles. The molecule has 0 N–H and O–H groups in total. The molecule has 0 radical (unpaired) electrons. The molecule has 25 heavy (non-hydrogen) atoms. The second-order valence-electron chi connectivity index (χ2n) is 6.21. The van der Waals surface area contributed by atoms with Gasteiger partial charge in [0.25, 0.3) is 0 Å². The number of furan rings is 1. The number of rotatable bonds is 1. The number of fused-ring (bicyclic) bond motifs is 3. The molecule has 3 heteroatoms. The van der Waals surface area contributed by atoms with Crippen molar-refractivity contribution in [1.29, 1.82) is 5.26 Å². The fourth-order valence-corrected chi connectivity index (χ4v) is 3.17. The van der Waals surface area contributed by atoms with Crippen molar-refractivity contribution >= 4 is 21.9 Å². The van der Waals surface area contributed by atoms with Crippen molar-refractivity contribution in [3.05, 3.63) is 64.8 Å². The first-order chi connectivity index (χ1) is 14.0. The number of aryl methyl sites for hydroxylation is 1. The normalized spacial score (nSPS) is 14.6. The van der Waals surface area contributed by atoms with Crippen molar-refractivity contribution in [2.75, 3.05) is 0 Å². The molecule has 0 bridgehead atoms. The number of nitriles is 1. The molecule has 0 spiro atoms. The summed E-state index contributed by atoms with van der Waals surface area (Å²) in [5.74, 6) is 0. The van der Waals surface area contributed by atoms with Gasteiger partial charge in [0.05, 0.1) is 19.9 Å². The highest BCUT2D eigenvalue weighted by Gasteiger charge is 2.18. The summed E-state index contributed by atoms with van der Waals surface area (Å²) in [6, 6.07) is 10.8. The van der Waals surface area contributed by atoms with Gasteiger partial charge in [0.15, 0.2) is 5.69 Å². The zero-order valence-electron chi connectivity index (χ0n) is 19.2. The number of nitrogens with zero attached hydrogens (tertiary/aromatic N) is 2. The third-order valence-electron chi connectivity index (χ3n) is 4.59. The van der Waals surface area contributed by atoms with E-state index in [9.17, 15) is 5.26 Å². The zero-order valence-corrected chi connectivity index (χ0v) is 14.2. The molecule has 0 fully saturated rings. The standard InChI is InChI=1S/C22H19N2O/c1-13-7-15(3)24(4)20(8-13)17-11-22-18(9-14(17)2)19-10-16(12-23)5-6-21(19)25-22/h5-11H,1-4H3/q+1/i1D3,7D,8D. The lowest BCUT2D eigenvalue weighted by atomic mass is 9.99. The van der Waals surface area contributed by atoms with Crippen LogP contribution in [0.4, 0.5) is 0 Å². The Hall–Kier alpha value is -3.12. The van der Waals surface area contributed by atoms with E-state index in [0.29, 0.717) is 33.7 Å². The predicted octanol–water partition coefficient (Wildman–Crippen LogP) is 4.87. The number of hydrogen-bond donors (Lipinski definition) is 0. The maximum Gasteiger partial charge on any atom is 0.213 e. The maximum absolute atomic E-state index is 9.19. The lowest BCUT2D eigenvalue weighted by Gasteiger charge is -2.07. The highest BCUT2D eigenvalue weighted by molar-refractivity contribution is 6.06. The van der Waals surface area contributed by atoms with Crippen LogP contribution in [0, 0.1) is 32.0 Å². The fourth-order valence-electron chi connectivity index (χ4n) is 3.17. The van der Waals surface area contributed by atoms with E-state index >= 15 is 0 Å². The van der Waals surface area contributed by atoms with Gasteiger partial charge in [-0.3, -0.25) is 0 Å². The Morgan fingerprint density at radius 1 is 1.12 bits per heavy atom.